The molecule has 1 aromatic heterocycles. The van der Waals surface area contributed by atoms with Gasteiger partial charge in [0, 0.05) is 37.9 Å². The molecule has 1 aromatic carbocycles. The Kier molecular flexibility index (Phi) is 6.38. The summed E-state index contributed by atoms with van der Waals surface area (Å²) in [6.07, 6.45) is 9.36. The minimum absolute atomic E-state index is 0. The highest BCUT2D eigenvalue weighted by atomic mass is 35.5. The maximum Gasteiger partial charge on any atom is 0.244 e. The van der Waals surface area contributed by atoms with Crippen LogP contribution in [0.15, 0.2) is 54.9 Å². The van der Waals surface area contributed by atoms with Gasteiger partial charge in [0.2, 0.25) is 5.91 Å². The van der Waals surface area contributed by atoms with E-state index < -0.39 is 0 Å². The molecular formula is C21H28ClN3O. The molecular weight excluding hydrogens is 346 g/mol. The van der Waals surface area contributed by atoms with E-state index in [9.17, 15) is 4.79 Å². The number of amides is 1. The van der Waals surface area contributed by atoms with E-state index in [1.165, 1.54) is 5.56 Å². The molecule has 0 atom stereocenters. The van der Waals surface area contributed by atoms with Gasteiger partial charge in [-0.15, -0.1) is 12.4 Å². The summed E-state index contributed by atoms with van der Waals surface area (Å²) in [4.78, 5) is 15.3. The van der Waals surface area contributed by atoms with Crippen molar-refractivity contribution in [1.82, 2.24) is 9.58 Å². The third-order valence-electron chi connectivity index (χ3n) is 5.45. The molecule has 2 aliphatic rings. The Morgan fingerprint density at radius 3 is 2.23 bits per heavy atom. The third-order valence-corrected chi connectivity index (χ3v) is 5.45. The molecule has 5 heteroatoms. The van der Waals surface area contributed by atoms with Crippen LogP contribution in [0, 0.1) is 5.92 Å². The Morgan fingerprint density at radius 1 is 0.962 bits per heavy atom. The van der Waals surface area contributed by atoms with Gasteiger partial charge in [0.05, 0.1) is 6.04 Å². The van der Waals surface area contributed by atoms with E-state index in [2.05, 4.69) is 35.2 Å². The Balaban J connectivity index is 0.00000196. The SMILES string of the molecule is Cl.O=C(C1CC1)N(C1CCN(CCc2ccccc2)CC1)n1cccc1. The van der Waals surface area contributed by atoms with Crippen LogP contribution >= 0.6 is 12.4 Å². The van der Waals surface area contributed by atoms with Crippen LogP contribution < -0.4 is 5.01 Å². The van der Waals surface area contributed by atoms with Crippen molar-refractivity contribution in [3.05, 3.63) is 60.4 Å². The summed E-state index contributed by atoms with van der Waals surface area (Å²) < 4.78 is 2.00. The lowest BCUT2D eigenvalue weighted by atomic mass is 10.0. The predicted octanol–water partition coefficient (Wildman–Crippen LogP) is 3.49. The fourth-order valence-electron chi connectivity index (χ4n) is 3.79. The summed E-state index contributed by atoms with van der Waals surface area (Å²) in [7, 11) is 0. The van der Waals surface area contributed by atoms with Crippen molar-refractivity contribution >= 4 is 18.3 Å². The molecule has 26 heavy (non-hydrogen) atoms. The highest BCUT2D eigenvalue weighted by Crippen LogP contribution is 2.32. The smallest absolute Gasteiger partial charge is 0.244 e. The molecule has 1 amide bonds. The Hall–Kier alpha value is -1.78. The van der Waals surface area contributed by atoms with Crippen LogP contribution in [0.4, 0.5) is 0 Å². The third kappa shape index (κ3) is 4.49. The molecule has 0 spiro atoms. The van der Waals surface area contributed by atoms with Crippen molar-refractivity contribution in [1.29, 1.82) is 0 Å². The quantitative estimate of drug-likeness (QED) is 0.775. The summed E-state index contributed by atoms with van der Waals surface area (Å²) in [6, 6.07) is 15.0. The molecule has 0 bridgehead atoms. The van der Waals surface area contributed by atoms with Crippen molar-refractivity contribution < 1.29 is 4.79 Å². The number of halogens is 1. The van der Waals surface area contributed by atoms with E-state index in [1.807, 2.05) is 34.2 Å². The molecule has 2 fully saturated rings. The number of hydrogen-bond donors (Lipinski definition) is 0. The molecule has 2 heterocycles. The van der Waals surface area contributed by atoms with Crippen LogP contribution in [0.25, 0.3) is 0 Å². The minimum atomic E-state index is 0. The lowest BCUT2D eigenvalue weighted by Crippen LogP contribution is -2.53. The van der Waals surface area contributed by atoms with Crippen molar-refractivity contribution in [3.8, 4) is 0 Å². The van der Waals surface area contributed by atoms with E-state index >= 15 is 0 Å². The van der Waals surface area contributed by atoms with Gasteiger partial charge in [0.1, 0.15) is 0 Å². The molecule has 0 N–H and O–H groups in total. The summed E-state index contributed by atoms with van der Waals surface area (Å²) >= 11 is 0. The first kappa shape index (κ1) is 19.0. The second-order valence-electron chi connectivity index (χ2n) is 7.33. The van der Waals surface area contributed by atoms with Gasteiger partial charge in [-0.1, -0.05) is 30.3 Å². The normalized spacial score (nSPS) is 18.3. The van der Waals surface area contributed by atoms with E-state index in [4.69, 9.17) is 0 Å². The topological polar surface area (TPSA) is 28.5 Å². The molecule has 1 aliphatic carbocycles. The van der Waals surface area contributed by atoms with Gasteiger partial charge in [-0.2, -0.15) is 0 Å². The summed E-state index contributed by atoms with van der Waals surface area (Å²) in [5.74, 6) is 0.581. The minimum Gasteiger partial charge on any atom is -0.303 e. The number of likely N-dealkylation sites (tertiary alicyclic amines) is 1. The van der Waals surface area contributed by atoms with Crippen LogP contribution in [0.2, 0.25) is 0 Å². The number of piperidine rings is 1. The monoisotopic (exact) mass is 373 g/mol. The number of nitrogens with zero attached hydrogens (tertiary/aromatic N) is 3. The van der Waals surface area contributed by atoms with E-state index in [-0.39, 0.29) is 18.3 Å². The first-order chi connectivity index (χ1) is 12.3. The number of carbonyl (C=O) groups excluding carboxylic acids is 1. The van der Waals surface area contributed by atoms with Gasteiger partial charge in [-0.05, 0) is 49.8 Å². The average Bonchev–Trinajstić information content (AvgIpc) is 3.38. The molecule has 4 rings (SSSR count). The maximum atomic E-state index is 12.8. The summed E-state index contributed by atoms with van der Waals surface area (Å²) in [5, 5.41) is 2.03. The molecule has 2 aromatic rings. The average molecular weight is 374 g/mol. The van der Waals surface area contributed by atoms with Crippen molar-refractivity contribution in [2.45, 2.75) is 38.1 Å². The van der Waals surface area contributed by atoms with Crippen LogP contribution in [0.5, 0.6) is 0 Å². The van der Waals surface area contributed by atoms with Crippen LogP contribution in [0.3, 0.4) is 0 Å². The second-order valence-corrected chi connectivity index (χ2v) is 7.33. The zero-order valence-electron chi connectivity index (χ0n) is 15.2. The highest BCUT2D eigenvalue weighted by molar-refractivity contribution is 5.90. The number of benzene rings is 1. The lowest BCUT2D eigenvalue weighted by molar-refractivity contribution is -0.122. The van der Waals surface area contributed by atoms with Crippen molar-refractivity contribution in [2.75, 3.05) is 24.6 Å². The molecule has 0 unspecified atom stereocenters. The largest absolute Gasteiger partial charge is 0.303 e. The second kappa shape index (κ2) is 8.74. The van der Waals surface area contributed by atoms with Gasteiger partial charge in [0.25, 0.3) is 0 Å². The zero-order chi connectivity index (χ0) is 17.1. The number of aromatic nitrogens is 1. The van der Waals surface area contributed by atoms with Gasteiger partial charge >= 0.3 is 0 Å². The Bertz CT molecular complexity index is 677. The molecule has 4 nitrogen and oxygen atoms in total. The lowest BCUT2D eigenvalue weighted by Gasteiger charge is -2.39. The van der Waals surface area contributed by atoms with Gasteiger partial charge in [0.15, 0.2) is 0 Å². The first-order valence-electron chi connectivity index (χ1n) is 9.54. The Labute approximate surface area is 162 Å². The van der Waals surface area contributed by atoms with Crippen LogP contribution in [0.1, 0.15) is 31.2 Å². The molecule has 140 valence electrons. The van der Waals surface area contributed by atoms with E-state index in [0.29, 0.717) is 11.9 Å². The standard InChI is InChI=1S/C21H27N3O.ClH/c25-21(19-8-9-19)24(23-13-4-5-14-23)20-11-16-22(17-12-20)15-10-18-6-2-1-3-7-18;/h1-7,13-14,19-20H,8-12,15-17H2;1H. The Morgan fingerprint density at radius 2 is 1.62 bits per heavy atom. The summed E-state index contributed by atoms with van der Waals surface area (Å²) in [5.41, 5.74) is 1.41. The van der Waals surface area contributed by atoms with Crippen molar-refractivity contribution in [3.63, 3.8) is 0 Å². The van der Waals surface area contributed by atoms with Gasteiger partial charge in [-0.25, -0.2) is 5.01 Å². The van der Waals surface area contributed by atoms with E-state index in [0.717, 1.165) is 51.7 Å². The van der Waals surface area contributed by atoms with Gasteiger partial charge in [-0.3, -0.25) is 9.47 Å². The highest BCUT2D eigenvalue weighted by Gasteiger charge is 2.38. The summed E-state index contributed by atoms with van der Waals surface area (Å²) in [6.45, 7) is 3.26. The number of hydrogen-bond acceptors (Lipinski definition) is 2. The molecule has 1 aliphatic heterocycles. The van der Waals surface area contributed by atoms with E-state index in [1.54, 1.807) is 0 Å². The number of rotatable bonds is 6. The zero-order valence-corrected chi connectivity index (χ0v) is 16.0. The van der Waals surface area contributed by atoms with Crippen molar-refractivity contribution in [2.24, 2.45) is 5.92 Å². The molecule has 1 saturated heterocycles. The van der Waals surface area contributed by atoms with Crippen LogP contribution in [-0.4, -0.2) is 41.2 Å². The fraction of sp³-hybridized carbons (Fsp3) is 0.476. The first-order valence-corrected chi connectivity index (χ1v) is 9.54. The molecule has 0 radical (unpaired) electrons. The fourth-order valence-corrected chi connectivity index (χ4v) is 3.79. The maximum absolute atomic E-state index is 12.8. The van der Waals surface area contributed by atoms with Gasteiger partial charge < -0.3 is 4.90 Å². The van der Waals surface area contributed by atoms with Crippen LogP contribution in [-0.2, 0) is 11.2 Å². The predicted molar refractivity (Wildman–Crippen MR) is 107 cm³/mol. The molecule has 1 saturated carbocycles. The number of carbonyl (C=O) groups is 1.